The van der Waals surface area contributed by atoms with Crippen LogP contribution in [0.15, 0.2) is 51.7 Å². The van der Waals surface area contributed by atoms with E-state index in [4.69, 9.17) is 0 Å². The number of aliphatic hydroxyl groups excluding tert-OH is 1. The summed E-state index contributed by atoms with van der Waals surface area (Å²) >= 11 is 2.20. The first kappa shape index (κ1) is 16.2. The summed E-state index contributed by atoms with van der Waals surface area (Å²) in [4.78, 5) is 0. The molecule has 0 bridgehead atoms. The van der Waals surface area contributed by atoms with Gasteiger partial charge in [-0.1, -0.05) is 64.6 Å². The van der Waals surface area contributed by atoms with Gasteiger partial charge < -0.3 is 5.11 Å². The normalized spacial score (nSPS) is 14.4. The monoisotopic (exact) mass is 368 g/mol. The lowest BCUT2D eigenvalue weighted by molar-refractivity contribution is 0.217. The molecular formula is C17H21IO. The van der Waals surface area contributed by atoms with Crippen molar-refractivity contribution in [2.75, 3.05) is 0 Å². The van der Waals surface area contributed by atoms with Crippen LogP contribution in [0.2, 0.25) is 0 Å². The van der Waals surface area contributed by atoms with Crippen LogP contribution in [0, 0.1) is 13.8 Å². The number of benzene rings is 1. The lowest BCUT2D eigenvalue weighted by Gasteiger charge is -2.18. The zero-order chi connectivity index (χ0) is 14.6. The topological polar surface area (TPSA) is 20.2 Å². The van der Waals surface area contributed by atoms with Crippen molar-refractivity contribution in [1.29, 1.82) is 0 Å². The van der Waals surface area contributed by atoms with Gasteiger partial charge in [0, 0.05) is 0 Å². The Morgan fingerprint density at radius 3 is 2.47 bits per heavy atom. The van der Waals surface area contributed by atoms with E-state index in [9.17, 15) is 5.11 Å². The standard InChI is InChI=1S/C17H21IO/c1-11(2)15(9-13(4)10-18)17(19)16-8-12(3)6-7-14(16)5/h6-10,17,19H,1H2,2-5H3/b13-10-,15-9+. The van der Waals surface area contributed by atoms with Crippen LogP contribution < -0.4 is 0 Å². The van der Waals surface area contributed by atoms with Crippen LogP contribution in [0.4, 0.5) is 0 Å². The molecule has 19 heavy (non-hydrogen) atoms. The Morgan fingerprint density at radius 1 is 1.32 bits per heavy atom. The van der Waals surface area contributed by atoms with Crippen LogP contribution in [0.3, 0.4) is 0 Å². The first-order valence-electron chi connectivity index (χ1n) is 6.26. The molecule has 0 heterocycles. The van der Waals surface area contributed by atoms with Crippen molar-refractivity contribution in [3.8, 4) is 0 Å². The summed E-state index contributed by atoms with van der Waals surface area (Å²) in [5.41, 5.74) is 6.09. The van der Waals surface area contributed by atoms with Gasteiger partial charge >= 0.3 is 0 Å². The maximum Gasteiger partial charge on any atom is 0.105 e. The Bertz CT molecular complexity index is 538. The Kier molecular flexibility index (Phi) is 6.01. The molecule has 0 saturated heterocycles. The highest BCUT2D eigenvalue weighted by atomic mass is 127. The minimum Gasteiger partial charge on any atom is -0.384 e. The molecule has 1 aromatic rings. The minimum absolute atomic E-state index is 0.622. The SMILES string of the molecule is C=C(C)/C(=C\C(C)=C/I)C(O)c1cc(C)ccc1C. The first-order chi connectivity index (χ1) is 8.86. The lowest BCUT2D eigenvalue weighted by atomic mass is 9.91. The van der Waals surface area contributed by atoms with Gasteiger partial charge in [0.2, 0.25) is 0 Å². The Morgan fingerprint density at radius 2 is 1.95 bits per heavy atom. The highest BCUT2D eigenvalue weighted by Crippen LogP contribution is 2.30. The molecule has 0 aliphatic heterocycles. The van der Waals surface area contributed by atoms with E-state index in [1.54, 1.807) is 0 Å². The van der Waals surface area contributed by atoms with E-state index in [1.807, 2.05) is 50.0 Å². The predicted octanol–water partition coefficient (Wildman–Crippen LogP) is 5.18. The van der Waals surface area contributed by atoms with Crippen molar-refractivity contribution < 1.29 is 5.11 Å². The van der Waals surface area contributed by atoms with Crippen molar-refractivity contribution in [2.45, 2.75) is 33.8 Å². The van der Waals surface area contributed by atoms with E-state index >= 15 is 0 Å². The summed E-state index contributed by atoms with van der Waals surface area (Å²) in [6.07, 6.45) is 1.38. The largest absolute Gasteiger partial charge is 0.384 e. The third-order valence-corrected chi connectivity index (χ3v) is 4.05. The van der Waals surface area contributed by atoms with Gasteiger partial charge in [-0.2, -0.15) is 0 Å². The summed E-state index contributed by atoms with van der Waals surface area (Å²) < 4.78 is 2.00. The molecule has 1 N–H and O–H groups in total. The fraction of sp³-hybridized carbons (Fsp3) is 0.294. The Labute approximate surface area is 129 Å². The Balaban J connectivity index is 3.28. The number of halogens is 1. The maximum atomic E-state index is 10.6. The molecule has 1 nitrogen and oxygen atoms in total. The van der Waals surface area contributed by atoms with E-state index in [0.29, 0.717) is 0 Å². The van der Waals surface area contributed by atoms with Gasteiger partial charge in [0.1, 0.15) is 6.10 Å². The number of allylic oxidation sites excluding steroid dienone is 2. The molecule has 0 radical (unpaired) electrons. The quantitative estimate of drug-likeness (QED) is 0.574. The van der Waals surface area contributed by atoms with Gasteiger partial charge in [-0.05, 0) is 54.1 Å². The average Bonchev–Trinajstić information content (AvgIpc) is 2.37. The van der Waals surface area contributed by atoms with Crippen LogP contribution >= 0.6 is 22.6 Å². The van der Waals surface area contributed by atoms with Crippen molar-refractivity contribution in [3.63, 3.8) is 0 Å². The second-order valence-corrected chi connectivity index (χ2v) is 5.62. The van der Waals surface area contributed by atoms with Crippen molar-refractivity contribution in [3.05, 3.63) is 68.3 Å². The molecule has 1 rings (SSSR count). The maximum absolute atomic E-state index is 10.6. The molecular weight excluding hydrogens is 347 g/mol. The van der Waals surface area contributed by atoms with E-state index in [-0.39, 0.29) is 0 Å². The van der Waals surface area contributed by atoms with Gasteiger partial charge in [0.05, 0.1) is 0 Å². The van der Waals surface area contributed by atoms with Crippen LogP contribution in [-0.4, -0.2) is 5.11 Å². The molecule has 1 aromatic carbocycles. The summed E-state index contributed by atoms with van der Waals surface area (Å²) in [5.74, 6) is 0. The van der Waals surface area contributed by atoms with Crippen molar-refractivity contribution in [2.24, 2.45) is 0 Å². The fourth-order valence-electron chi connectivity index (χ4n) is 1.93. The summed E-state index contributed by atoms with van der Waals surface area (Å²) in [5, 5.41) is 10.6. The summed E-state index contributed by atoms with van der Waals surface area (Å²) in [7, 11) is 0. The first-order valence-corrected chi connectivity index (χ1v) is 7.51. The molecule has 0 aromatic heterocycles. The molecule has 0 spiro atoms. The summed E-state index contributed by atoms with van der Waals surface area (Å²) in [6.45, 7) is 12.0. The van der Waals surface area contributed by atoms with E-state index in [2.05, 4.69) is 35.2 Å². The van der Waals surface area contributed by atoms with Crippen LogP contribution in [-0.2, 0) is 0 Å². The lowest BCUT2D eigenvalue weighted by Crippen LogP contribution is -2.05. The number of aliphatic hydroxyl groups is 1. The number of hydrogen-bond acceptors (Lipinski definition) is 1. The van der Waals surface area contributed by atoms with Crippen LogP contribution in [0.5, 0.6) is 0 Å². The smallest absolute Gasteiger partial charge is 0.105 e. The van der Waals surface area contributed by atoms with Crippen molar-refractivity contribution >= 4 is 22.6 Å². The predicted molar refractivity (Wildman–Crippen MR) is 91.5 cm³/mol. The number of rotatable bonds is 4. The molecule has 102 valence electrons. The summed E-state index contributed by atoms with van der Waals surface area (Å²) in [6, 6.07) is 6.15. The van der Waals surface area contributed by atoms with E-state index in [0.717, 1.165) is 33.4 Å². The minimum atomic E-state index is -0.622. The highest BCUT2D eigenvalue weighted by molar-refractivity contribution is 14.1. The van der Waals surface area contributed by atoms with Gasteiger partial charge in [0.15, 0.2) is 0 Å². The molecule has 1 unspecified atom stereocenters. The fourth-order valence-corrected chi connectivity index (χ4v) is 2.11. The molecule has 0 fully saturated rings. The molecule has 1 atom stereocenters. The van der Waals surface area contributed by atoms with Gasteiger partial charge in [-0.25, -0.2) is 0 Å². The molecule has 0 aliphatic rings. The number of aryl methyl sites for hydroxylation is 2. The molecule has 0 aliphatic carbocycles. The zero-order valence-corrected chi connectivity index (χ0v) is 14.2. The zero-order valence-electron chi connectivity index (χ0n) is 12.0. The molecule has 0 amide bonds. The van der Waals surface area contributed by atoms with Gasteiger partial charge in [-0.15, -0.1) is 0 Å². The van der Waals surface area contributed by atoms with Gasteiger partial charge in [-0.3, -0.25) is 0 Å². The third kappa shape index (κ3) is 4.32. The van der Waals surface area contributed by atoms with Gasteiger partial charge in [0.25, 0.3) is 0 Å². The number of hydrogen-bond donors (Lipinski definition) is 1. The Hall–Kier alpha value is -0.870. The van der Waals surface area contributed by atoms with Crippen molar-refractivity contribution in [1.82, 2.24) is 0 Å². The second kappa shape index (κ2) is 7.06. The van der Waals surface area contributed by atoms with E-state index in [1.165, 1.54) is 0 Å². The molecule has 0 saturated carbocycles. The van der Waals surface area contributed by atoms with E-state index < -0.39 is 6.10 Å². The second-order valence-electron chi connectivity index (χ2n) is 5.00. The third-order valence-electron chi connectivity index (χ3n) is 3.07. The molecule has 2 heteroatoms. The van der Waals surface area contributed by atoms with Crippen LogP contribution in [0.1, 0.15) is 36.6 Å². The average molecular weight is 368 g/mol. The van der Waals surface area contributed by atoms with Crippen LogP contribution in [0.25, 0.3) is 0 Å². The highest BCUT2D eigenvalue weighted by Gasteiger charge is 2.16.